The van der Waals surface area contributed by atoms with Gasteiger partial charge in [0.25, 0.3) is 0 Å². The minimum Gasteiger partial charge on any atom is -0.445 e. The Morgan fingerprint density at radius 3 is 2.57 bits per heavy atom. The summed E-state index contributed by atoms with van der Waals surface area (Å²) < 4.78 is 41.9. The summed E-state index contributed by atoms with van der Waals surface area (Å²) in [4.78, 5) is 12.3. The van der Waals surface area contributed by atoms with Gasteiger partial charge in [-0.3, -0.25) is 0 Å². The van der Waals surface area contributed by atoms with Gasteiger partial charge in [0.05, 0.1) is 24.2 Å². The van der Waals surface area contributed by atoms with E-state index in [4.69, 9.17) is 14.2 Å². The van der Waals surface area contributed by atoms with Crippen LogP contribution in [0.3, 0.4) is 0 Å². The lowest BCUT2D eigenvalue weighted by Gasteiger charge is -2.41. The zero-order chi connectivity index (χ0) is 20.2. The first-order valence-electron chi connectivity index (χ1n) is 9.76. The van der Waals surface area contributed by atoms with Crippen LogP contribution in [-0.2, 0) is 30.7 Å². The summed E-state index contributed by atoms with van der Waals surface area (Å²) in [5.41, 5.74) is 0.895. The molecular weight excluding hydrogens is 382 g/mol. The van der Waals surface area contributed by atoms with Crippen LogP contribution in [0.4, 0.5) is 4.79 Å². The molecule has 8 heteroatoms. The molecule has 1 saturated heterocycles. The Morgan fingerprint density at radius 2 is 1.93 bits per heavy atom. The van der Waals surface area contributed by atoms with Gasteiger partial charge in [-0.15, -0.1) is 0 Å². The fourth-order valence-electron chi connectivity index (χ4n) is 3.79. The maximum atomic E-state index is 12.5. The second-order valence-electron chi connectivity index (χ2n) is 7.80. The molecule has 0 bridgehead atoms. The highest BCUT2D eigenvalue weighted by atomic mass is 32.2. The molecule has 7 nitrogen and oxygen atoms in total. The third-order valence-corrected chi connectivity index (χ3v) is 7.80. The second-order valence-corrected chi connectivity index (χ2v) is 10.4. The number of carbonyl (C=O) groups is 1. The Balaban J connectivity index is 1.64. The van der Waals surface area contributed by atoms with E-state index in [0.717, 1.165) is 5.56 Å². The number of carbonyl (C=O) groups excluding carboxylic acids is 1. The zero-order valence-electron chi connectivity index (χ0n) is 16.4. The smallest absolute Gasteiger partial charge is 0.407 e. The Kier molecular flexibility index (Phi) is 6.62. The SMILES string of the molecule is CC(C)S(=O)(=O)C[C@@H]1CC2(CC[C@@H]1NC(=O)OCc1ccccc1)OCCO2. The predicted molar refractivity (Wildman–Crippen MR) is 104 cm³/mol. The lowest BCUT2D eigenvalue weighted by atomic mass is 9.81. The van der Waals surface area contributed by atoms with Crippen LogP contribution in [-0.4, -0.2) is 50.6 Å². The van der Waals surface area contributed by atoms with E-state index in [9.17, 15) is 13.2 Å². The van der Waals surface area contributed by atoms with E-state index >= 15 is 0 Å². The highest BCUT2D eigenvalue weighted by Gasteiger charge is 2.47. The minimum atomic E-state index is -3.27. The average Bonchev–Trinajstić information content (AvgIpc) is 3.11. The van der Waals surface area contributed by atoms with Crippen molar-refractivity contribution in [3.8, 4) is 0 Å². The van der Waals surface area contributed by atoms with Crippen molar-refractivity contribution in [1.29, 1.82) is 0 Å². The van der Waals surface area contributed by atoms with E-state index in [0.29, 0.717) is 32.5 Å². The van der Waals surface area contributed by atoms with Gasteiger partial charge in [0, 0.05) is 18.9 Å². The van der Waals surface area contributed by atoms with Crippen molar-refractivity contribution in [2.75, 3.05) is 19.0 Å². The van der Waals surface area contributed by atoms with Gasteiger partial charge in [-0.2, -0.15) is 0 Å². The molecule has 1 saturated carbocycles. The first-order valence-corrected chi connectivity index (χ1v) is 11.5. The van der Waals surface area contributed by atoms with E-state index in [2.05, 4.69) is 5.32 Å². The van der Waals surface area contributed by atoms with Gasteiger partial charge in [0.2, 0.25) is 0 Å². The first-order chi connectivity index (χ1) is 13.3. The van der Waals surface area contributed by atoms with Gasteiger partial charge in [-0.05, 0) is 31.7 Å². The predicted octanol–water partition coefficient (Wildman–Crippen LogP) is 2.65. The maximum absolute atomic E-state index is 12.5. The molecule has 1 heterocycles. The monoisotopic (exact) mass is 411 g/mol. The topological polar surface area (TPSA) is 90.9 Å². The highest BCUT2D eigenvalue weighted by molar-refractivity contribution is 7.91. The van der Waals surface area contributed by atoms with Crippen LogP contribution >= 0.6 is 0 Å². The Labute approximate surface area is 166 Å². The number of hydrogen-bond donors (Lipinski definition) is 1. The zero-order valence-corrected chi connectivity index (χ0v) is 17.2. The molecule has 1 aliphatic carbocycles. The summed E-state index contributed by atoms with van der Waals surface area (Å²) >= 11 is 0. The minimum absolute atomic E-state index is 0.0111. The van der Waals surface area contributed by atoms with Gasteiger partial charge in [0.1, 0.15) is 6.61 Å². The summed E-state index contributed by atoms with van der Waals surface area (Å²) in [5.74, 6) is -1.02. The summed E-state index contributed by atoms with van der Waals surface area (Å²) in [6.07, 6.45) is 1.11. The second kappa shape index (κ2) is 8.80. The maximum Gasteiger partial charge on any atom is 0.407 e. The van der Waals surface area contributed by atoms with Crippen molar-refractivity contribution in [1.82, 2.24) is 5.32 Å². The average molecular weight is 412 g/mol. The molecule has 1 aliphatic heterocycles. The molecule has 2 atom stereocenters. The molecule has 2 aliphatic rings. The molecule has 28 heavy (non-hydrogen) atoms. The molecule has 1 N–H and O–H groups in total. The van der Waals surface area contributed by atoms with Crippen LogP contribution in [0.25, 0.3) is 0 Å². The standard InChI is InChI=1S/C20H29NO6S/c1-15(2)28(23,24)14-17-12-20(26-10-11-27-20)9-8-18(17)21-19(22)25-13-16-6-4-3-5-7-16/h3-7,15,17-18H,8-14H2,1-2H3,(H,21,22)/t17-,18-/m0/s1. The molecule has 1 aromatic carbocycles. The molecule has 2 fully saturated rings. The van der Waals surface area contributed by atoms with Crippen LogP contribution in [0, 0.1) is 5.92 Å². The van der Waals surface area contributed by atoms with Crippen molar-refractivity contribution in [2.45, 2.75) is 56.8 Å². The Hall–Kier alpha value is -1.64. The summed E-state index contributed by atoms with van der Waals surface area (Å²) in [5, 5.41) is 2.40. The molecule has 1 amide bonds. The number of alkyl carbamates (subject to hydrolysis) is 1. The molecule has 0 radical (unpaired) electrons. The largest absolute Gasteiger partial charge is 0.445 e. The van der Waals surface area contributed by atoms with Gasteiger partial charge >= 0.3 is 6.09 Å². The number of rotatable bonds is 6. The number of amides is 1. The molecule has 0 unspecified atom stereocenters. The molecule has 156 valence electrons. The van der Waals surface area contributed by atoms with Crippen molar-refractivity contribution in [2.24, 2.45) is 5.92 Å². The Morgan fingerprint density at radius 1 is 1.25 bits per heavy atom. The lowest BCUT2D eigenvalue weighted by Crippen LogP contribution is -2.52. The lowest BCUT2D eigenvalue weighted by molar-refractivity contribution is -0.188. The fraction of sp³-hybridized carbons (Fsp3) is 0.650. The van der Waals surface area contributed by atoms with E-state index in [1.54, 1.807) is 13.8 Å². The molecular formula is C20H29NO6S. The number of sulfone groups is 1. The highest BCUT2D eigenvalue weighted by Crippen LogP contribution is 2.39. The fourth-order valence-corrected chi connectivity index (χ4v) is 5.12. The van der Waals surface area contributed by atoms with Gasteiger partial charge < -0.3 is 19.5 Å². The number of ether oxygens (including phenoxy) is 3. The third kappa shape index (κ3) is 5.24. The van der Waals surface area contributed by atoms with Crippen molar-refractivity contribution < 1.29 is 27.4 Å². The van der Waals surface area contributed by atoms with Crippen LogP contribution < -0.4 is 5.32 Å². The van der Waals surface area contributed by atoms with Gasteiger partial charge in [-0.25, -0.2) is 13.2 Å². The molecule has 0 aromatic heterocycles. The van der Waals surface area contributed by atoms with Crippen molar-refractivity contribution in [3.63, 3.8) is 0 Å². The van der Waals surface area contributed by atoms with Crippen molar-refractivity contribution >= 4 is 15.9 Å². The van der Waals surface area contributed by atoms with E-state index < -0.39 is 27.0 Å². The van der Waals surface area contributed by atoms with Gasteiger partial charge in [-0.1, -0.05) is 30.3 Å². The number of benzene rings is 1. The quantitative estimate of drug-likeness (QED) is 0.774. The summed E-state index contributed by atoms with van der Waals surface area (Å²) in [6.45, 7) is 4.55. The van der Waals surface area contributed by atoms with Gasteiger partial charge in [0.15, 0.2) is 15.6 Å². The third-order valence-electron chi connectivity index (χ3n) is 5.47. The summed E-state index contributed by atoms with van der Waals surface area (Å²) in [7, 11) is -3.27. The van der Waals surface area contributed by atoms with Crippen LogP contribution in [0.1, 0.15) is 38.7 Å². The molecule has 1 spiro atoms. The van der Waals surface area contributed by atoms with E-state index in [-0.39, 0.29) is 24.3 Å². The molecule has 3 rings (SSSR count). The first kappa shape index (κ1) is 21.1. The number of nitrogens with one attached hydrogen (secondary N) is 1. The van der Waals surface area contributed by atoms with Crippen LogP contribution in [0.15, 0.2) is 30.3 Å². The number of hydrogen-bond acceptors (Lipinski definition) is 6. The van der Waals surface area contributed by atoms with Crippen molar-refractivity contribution in [3.05, 3.63) is 35.9 Å². The van der Waals surface area contributed by atoms with E-state index in [1.165, 1.54) is 0 Å². The Bertz CT molecular complexity index is 758. The normalized spacial score (nSPS) is 24.4. The molecule has 1 aromatic rings. The summed E-state index contributed by atoms with van der Waals surface area (Å²) in [6, 6.07) is 9.12. The van der Waals surface area contributed by atoms with Crippen LogP contribution in [0.5, 0.6) is 0 Å². The van der Waals surface area contributed by atoms with E-state index in [1.807, 2.05) is 30.3 Å². The van der Waals surface area contributed by atoms with Crippen LogP contribution in [0.2, 0.25) is 0 Å².